The number of hydrogen-bond acceptors (Lipinski definition) is 3. The molecule has 1 amide bonds. The van der Waals surface area contributed by atoms with Gasteiger partial charge in [0, 0.05) is 25.6 Å². The Kier molecular flexibility index (Phi) is 5.77. The summed E-state index contributed by atoms with van der Waals surface area (Å²) in [4.78, 5) is 11.6. The van der Waals surface area contributed by atoms with Crippen molar-refractivity contribution < 1.29 is 9.90 Å². The Morgan fingerprint density at radius 1 is 1.44 bits per heavy atom. The first kappa shape index (κ1) is 13.5. The molecule has 1 rings (SSSR count). The van der Waals surface area contributed by atoms with E-state index in [4.69, 9.17) is 5.73 Å². The van der Waals surface area contributed by atoms with Crippen LogP contribution in [0, 0.1) is 17.8 Å². The molecule has 0 aliphatic heterocycles. The maximum atomic E-state index is 11.6. The number of nitrogens with one attached hydrogen (secondary N) is 1. The Morgan fingerprint density at radius 2 is 2.06 bits per heavy atom. The van der Waals surface area contributed by atoms with Crippen molar-refractivity contribution in [2.75, 3.05) is 19.7 Å². The third-order valence-corrected chi connectivity index (χ3v) is 3.64. The standard InChI is InChI=1S/C12H24N2O2/c1-9(6-13)12(16)14-7-10-4-2-3-5-11(10)8-15/h9-11,15H,2-8,13H2,1H3,(H,14,16). The molecular weight excluding hydrogens is 204 g/mol. The summed E-state index contributed by atoms with van der Waals surface area (Å²) in [7, 11) is 0. The van der Waals surface area contributed by atoms with E-state index in [0.717, 1.165) is 12.8 Å². The summed E-state index contributed by atoms with van der Waals surface area (Å²) in [6.07, 6.45) is 4.62. The van der Waals surface area contributed by atoms with Gasteiger partial charge in [0.25, 0.3) is 0 Å². The average molecular weight is 228 g/mol. The third-order valence-electron chi connectivity index (χ3n) is 3.64. The average Bonchev–Trinajstić information content (AvgIpc) is 2.35. The summed E-state index contributed by atoms with van der Waals surface area (Å²) >= 11 is 0. The number of carbonyl (C=O) groups is 1. The van der Waals surface area contributed by atoms with Gasteiger partial charge in [-0.15, -0.1) is 0 Å². The van der Waals surface area contributed by atoms with Crippen LogP contribution in [0.15, 0.2) is 0 Å². The Hall–Kier alpha value is -0.610. The second-order valence-corrected chi connectivity index (χ2v) is 4.87. The van der Waals surface area contributed by atoms with Crippen LogP contribution in [0.25, 0.3) is 0 Å². The highest BCUT2D eigenvalue weighted by Crippen LogP contribution is 2.29. The van der Waals surface area contributed by atoms with Crippen LogP contribution in [0.4, 0.5) is 0 Å². The Bertz CT molecular complexity index is 221. The molecule has 4 nitrogen and oxygen atoms in total. The SMILES string of the molecule is CC(CN)C(=O)NCC1CCCCC1CO. The fourth-order valence-corrected chi connectivity index (χ4v) is 2.31. The smallest absolute Gasteiger partial charge is 0.224 e. The molecule has 0 aromatic heterocycles. The van der Waals surface area contributed by atoms with E-state index in [-0.39, 0.29) is 18.4 Å². The van der Waals surface area contributed by atoms with Crippen LogP contribution in [0.3, 0.4) is 0 Å². The van der Waals surface area contributed by atoms with E-state index in [9.17, 15) is 9.90 Å². The van der Waals surface area contributed by atoms with E-state index >= 15 is 0 Å². The van der Waals surface area contributed by atoms with E-state index in [1.165, 1.54) is 12.8 Å². The van der Waals surface area contributed by atoms with Gasteiger partial charge in [-0.25, -0.2) is 0 Å². The lowest BCUT2D eigenvalue weighted by Crippen LogP contribution is -2.39. The van der Waals surface area contributed by atoms with Gasteiger partial charge in [0.2, 0.25) is 5.91 Å². The molecule has 0 heterocycles. The normalized spacial score (nSPS) is 27.4. The molecule has 0 bridgehead atoms. The van der Waals surface area contributed by atoms with Crippen LogP contribution in [0.1, 0.15) is 32.6 Å². The highest BCUT2D eigenvalue weighted by atomic mass is 16.3. The molecule has 1 aliphatic rings. The molecule has 0 saturated heterocycles. The lowest BCUT2D eigenvalue weighted by Gasteiger charge is -2.30. The molecule has 94 valence electrons. The van der Waals surface area contributed by atoms with Gasteiger partial charge in [-0.3, -0.25) is 4.79 Å². The van der Waals surface area contributed by atoms with Crippen molar-refractivity contribution >= 4 is 5.91 Å². The van der Waals surface area contributed by atoms with Crippen molar-refractivity contribution in [1.82, 2.24) is 5.32 Å². The molecule has 1 saturated carbocycles. The molecule has 0 aromatic rings. The summed E-state index contributed by atoms with van der Waals surface area (Å²) in [5, 5.41) is 12.2. The zero-order valence-corrected chi connectivity index (χ0v) is 10.1. The number of nitrogens with two attached hydrogens (primary N) is 1. The number of aliphatic hydroxyl groups excluding tert-OH is 1. The highest BCUT2D eigenvalue weighted by Gasteiger charge is 2.25. The van der Waals surface area contributed by atoms with Crippen molar-refractivity contribution in [2.45, 2.75) is 32.6 Å². The minimum Gasteiger partial charge on any atom is -0.396 e. The van der Waals surface area contributed by atoms with Crippen molar-refractivity contribution in [3.05, 3.63) is 0 Å². The summed E-state index contributed by atoms with van der Waals surface area (Å²) in [6.45, 7) is 3.15. The monoisotopic (exact) mass is 228 g/mol. The van der Waals surface area contributed by atoms with Gasteiger partial charge in [-0.2, -0.15) is 0 Å². The Morgan fingerprint density at radius 3 is 2.62 bits per heavy atom. The van der Waals surface area contributed by atoms with Gasteiger partial charge in [-0.1, -0.05) is 19.8 Å². The summed E-state index contributed by atoms with van der Waals surface area (Å²) in [5.41, 5.74) is 5.43. The van der Waals surface area contributed by atoms with Crippen LogP contribution in [-0.4, -0.2) is 30.7 Å². The molecule has 16 heavy (non-hydrogen) atoms. The van der Waals surface area contributed by atoms with E-state index in [1.54, 1.807) is 0 Å². The first-order valence-corrected chi connectivity index (χ1v) is 6.27. The van der Waals surface area contributed by atoms with Gasteiger partial charge < -0.3 is 16.2 Å². The number of carbonyl (C=O) groups excluding carboxylic acids is 1. The van der Waals surface area contributed by atoms with Gasteiger partial charge in [0.1, 0.15) is 0 Å². The van der Waals surface area contributed by atoms with Crippen LogP contribution < -0.4 is 11.1 Å². The third kappa shape index (κ3) is 3.76. The minimum atomic E-state index is -0.115. The summed E-state index contributed by atoms with van der Waals surface area (Å²) < 4.78 is 0. The number of rotatable bonds is 5. The van der Waals surface area contributed by atoms with Gasteiger partial charge in [0.05, 0.1) is 0 Å². The molecule has 3 atom stereocenters. The van der Waals surface area contributed by atoms with Crippen LogP contribution >= 0.6 is 0 Å². The number of amides is 1. The van der Waals surface area contributed by atoms with E-state index < -0.39 is 0 Å². The lowest BCUT2D eigenvalue weighted by molar-refractivity contribution is -0.124. The van der Waals surface area contributed by atoms with Crippen LogP contribution in [0.2, 0.25) is 0 Å². The molecule has 1 fully saturated rings. The van der Waals surface area contributed by atoms with Gasteiger partial charge in [0.15, 0.2) is 0 Å². The predicted molar refractivity (Wildman–Crippen MR) is 63.8 cm³/mol. The second kappa shape index (κ2) is 6.86. The quantitative estimate of drug-likeness (QED) is 0.641. The largest absolute Gasteiger partial charge is 0.396 e. The maximum absolute atomic E-state index is 11.6. The zero-order valence-electron chi connectivity index (χ0n) is 10.1. The predicted octanol–water partition coefficient (Wildman–Crippen LogP) is 0.496. The molecule has 3 unspecified atom stereocenters. The fourth-order valence-electron chi connectivity index (χ4n) is 2.31. The highest BCUT2D eigenvalue weighted by molar-refractivity contribution is 5.78. The Balaban J connectivity index is 2.32. The first-order valence-electron chi connectivity index (χ1n) is 6.27. The van der Waals surface area contributed by atoms with Crippen LogP contribution in [-0.2, 0) is 4.79 Å². The fraction of sp³-hybridized carbons (Fsp3) is 0.917. The molecule has 0 spiro atoms. The van der Waals surface area contributed by atoms with Crippen molar-refractivity contribution in [1.29, 1.82) is 0 Å². The Labute approximate surface area is 97.6 Å². The summed E-state index contributed by atoms with van der Waals surface area (Å²) in [6, 6.07) is 0. The van der Waals surface area contributed by atoms with Gasteiger partial charge >= 0.3 is 0 Å². The second-order valence-electron chi connectivity index (χ2n) is 4.87. The van der Waals surface area contributed by atoms with Crippen LogP contribution in [0.5, 0.6) is 0 Å². The maximum Gasteiger partial charge on any atom is 0.224 e. The van der Waals surface area contributed by atoms with Crippen molar-refractivity contribution in [2.24, 2.45) is 23.5 Å². The van der Waals surface area contributed by atoms with E-state index in [2.05, 4.69) is 5.32 Å². The van der Waals surface area contributed by atoms with Crippen molar-refractivity contribution in [3.8, 4) is 0 Å². The lowest BCUT2D eigenvalue weighted by atomic mass is 9.79. The molecule has 4 N–H and O–H groups in total. The number of hydrogen-bond donors (Lipinski definition) is 3. The van der Waals surface area contributed by atoms with Gasteiger partial charge in [-0.05, 0) is 24.7 Å². The molecule has 1 aliphatic carbocycles. The van der Waals surface area contributed by atoms with Crippen molar-refractivity contribution in [3.63, 3.8) is 0 Å². The molecule has 4 heteroatoms. The minimum absolute atomic E-state index is 0.0322. The molecule has 0 aromatic carbocycles. The summed E-state index contributed by atoms with van der Waals surface area (Å²) in [5.74, 6) is 0.718. The van der Waals surface area contributed by atoms with E-state index in [0.29, 0.717) is 24.9 Å². The zero-order chi connectivity index (χ0) is 12.0. The molecular formula is C12H24N2O2. The van der Waals surface area contributed by atoms with E-state index in [1.807, 2.05) is 6.92 Å². The topological polar surface area (TPSA) is 75.4 Å². The number of aliphatic hydroxyl groups is 1. The molecule has 0 radical (unpaired) electrons. The first-order chi connectivity index (χ1) is 7.69.